The number of nitrogens with two attached hydrogens (primary N) is 1. The third-order valence-electron chi connectivity index (χ3n) is 5.10. The fraction of sp³-hybridized carbons (Fsp3) is 0.450. The number of nitrogens with zero attached hydrogens (tertiary/aromatic N) is 4. The van der Waals surface area contributed by atoms with Crippen molar-refractivity contribution < 1.29 is 4.74 Å². The number of aromatic nitrogens is 4. The molecule has 1 atom stereocenters. The van der Waals surface area contributed by atoms with Crippen LogP contribution >= 0.6 is 0 Å². The molecular weight excluding hydrogens is 340 g/mol. The summed E-state index contributed by atoms with van der Waals surface area (Å²) in [5, 5.41) is 8.55. The second kappa shape index (κ2) is 7.15. The standard InChI is InChI=1S/C20H26N6O/c1-12(2)13-6-8-14(9-7-13)17-16-18(21)26(3)25-19(16)24-20(23-17)22-11-15-5-4-10-27-15/h6-9,12,15H,4-5,10-11,21H2,1-3H3,(H,22,24,25)/t15-/m0/s1. The van der Waals surface area contributed by atoms with Crippen molar-refractivity contribution in [3.8, 4) is 11.3 Å². The number of anilines is 2. The smallest absolute Gasteiger partial charge is 0.225 e. The summed E-state index contributed by atoms with van der Waals surface area (Å²) in [6.07, 6.45) is 2.39. The van der Waals surface area contributed by atoms with E-state index in [4.69, 9.17) is 15.5 Å². The zero-order valence-corrected chi connectivity index (χ0v) is 16.1. The molecule has 0 amide bonds. The van der Waals surface area contributed by atoms with Gasteiger partial charge in [-0.15, -0.1) is 0 Å². The van der Waals surface area contributed by atoms with Gasteiger partial charge in [0.25, 0.3) is 0 Å². The molecule has 1 fully saturated rings. The first-order chi connectivity index (χ1) is 13.0. The summed E-state index contributed by atoms with van der Waals surface area (Å²) in [7, 11) is 1.82. The fourth-order valence-corrected chi connectivity index (χ4v) is 3.44. The van der Waals surface area contributed by atoms with Crippen molar-refractivity contribution in [1.82, 2.24) is 19.7 Å². The number of fused-ring (bicyclic) bond motifs is 1. The fourth-order valence-electron chi connectivity index (χ4n) is 3.44. The van der Waals surface area contributed by atoms with Crippen molar-refractivity contribution in [1.29, 1.82) is 0 Å². The lowest BCUT2D eigenvalue weighted by Crippen LogP contribution is -2.19. The molecule has 1 aliphatic rings. The highest BCUT2D eigenvalue weighted by atomic mass is 16.5. The highest BCUT2D eigenvalue weighted by Gasteiger charge is 2.19. The molecule has 3 N–H and O–H groups in total. The number of benzene rings is 1. The molecule has 0 bridgehead atoms. The Labute approximate surface area is 158 Å². The number of ether oxygens (including phenoxy) is 1. The van der Waals surface area contributed by atoms with E-state index in [0.29, 0.717) is 29.9 Å². The van der Waals surface area contributed by atoms with E-state index in [-0.39, 0.29) is 6.10 Å². The first-order valence-electron chi connectivity index (χ1n) is 9.49. The Morgan fingerprint density at radius 3 is 2.70 bits per heavy atom. The Balaban J connectivity index is 1.74. The molecule has 7 nitrogen and oxygen atoms in total. The predicted octanol–water partition coefficient (Wildman–Crippen LogP) is 3.33. The van der Waals surface area contributed by atoms with Gasteiger partial charge in [0.1, 0.15) is 5.82 Å². The maximum absolute atomic E-state index is 6.26. The van der Waals surface area contributed by atoms with Crippen molar-refractivity contribution in [2.24, 2.45) is 7.05 Å². The van der Waals surface area contributed by atoms with E-state index in [2.05, 4.69) is 53.5 Å². The lowest BCUT2D eigenvalue weighted by Gasteiger charge is -2.12. The first-order valence-corrected chi connectivity index (χ1v) is 9.49. The summed E-state index contributed by atoms with van der Waals surface area (Å²) >= 11 is 0. The van der Waals surface area contributed by atoms with Crippen molar-refractivity contribution in [3.05, 3.63) is 29.8 Å². The van der Waals surface area contributed by atoms with Crippen LogP contribution < -0.4 is 11.1 Å². The number of nitrogens with one attached hydrogen (secondary N) is 1. The lowest BCUT2D eigenvalue weighted by atomic mass is 10.00. The highest BCUT2D eigenvalue weighted by Crippen LogP contribution is 2.32. The maximum Gasteiger partial charge on any atom is 0.225 e. The van der Waals surface area contributed by atoms with Crippen molar-refractivity contribution in [3.63, 3.8) is 0 Å². The zero-order chi connectivity index (χ0) is 19.0. The molecule has 0 spiro atoms. The molecule has 1 aliphatic heterocycles. The highest BCUT2D eigenvalue weighted by molar-refractivity contribution is 5.98. The van der Waals surface area contributed by atoms with Crippen LogP contribution in [0, 0.1) is 0 Å². The molecule has 142 valence electrons. The van der Waals surface area contributed by atoms with E-state index in [1.807, 2.05) is 7.05 Å². The molecule has 0 aliphatic carbocycles. The van der Waals surface area contributed by atoms with Gasteiger partial charge in [-0.2, -0.15) is 10.1 Å². The zero-order valence-electron chi connectivity index (χ0n) is 16.1. The third-order valence-corrected chi connectivity index (χ3v) is 5.10. The van der Waals surface area contributed by atoms with Gasteiger partial charge in [-0.05, 0) is 24.3 Å². The molecule has 0 radical (unpaired) electrons. The molecule has 2 aromatic heterocycles. The maximum atomic E-state index is 6.26. The van der Waals surface area contributed by atoms with Gasteiger partial charge in [-0.25, -0.2) is 4.98 Å². The lowest BCUT2D eigenvalue weighted by molar-refractivity contribution is 0.120. The molecule has 27 heavy (non-hydrogen) atoms. The Hall–Kier alpha value is -2.67. The predicted molar refractivity (Wildman–Crippen MR) is 108 cm³/mol. The van der Waals surface area contributed by atoms with Gasteiger partial charge in [0.05, 0.1) is 17.2 Å². The quantitative estimate of drug-likeness (QED) is 0.720. The van der Waals surface area contributed by atoms with Gasteiger partial charge >= 0.3 is 0 Å². The summed E-state index contributed by atoms with van der Waals surface area (Å²) in [4.78, 5) is 9.33. The van der Waals surface area contributed by atoms with Gasteiger partial charge in [0, 0.05) is 25.8 Å². The van der Waals surface area contributed by atoms with Gasteiger partial charge in [-0.1, -0.05) is 38.1 Å². The van der Waals surface area contributed by atoms with Crippen LogP contribution in [0.3, 0.4) is 0 Å². The largest absolute Gasteiger partial charge is 0.383 e. The van der Waals surface area contributed by atoms with Gasteiger partial charge < -0.3 is 15.8 Å². The summed E-state index contributed by atoms with van der Waals surface area (Å²) < 4.78 is 7.33. The summed E-state index contributed by atoms with van der Waals surface area (Å²) in [5.74, 6) is 1.61. The van der Waals surface area contributed by atoms with Crippen LogP contribution in [0.15, 0.2) is 24.3 Å². The van der Waals surface area contributed by atoms with Crippen LogP contribution in [-0.4, -0.2) is 39.0 Å². The van der Waals surface area contributed by atoms with Crippen LogP contribution in [0.1, 0.15) is 38.2 Å². The minimum atomic E-state index is 0.215. The molecule has 7 heteroatoms. The Morgan fingerprint density at radius 1 is 1.26 bits per heavy atom. The number of nitrogen functional groups attached to an aromatic ring is 1. The second-order valence-corrected chi connectivity index (χ2v) is 7.40. The van der Waals surface area contributed by atoms with Gasteiger partial charge in [0.2, 0.25) is 5.95 Å². The SMILES string of the molecule is CC(C)c1ccc(-c2nc(NC[C@@H]3CCCO3)nc3nn(C)c(N)c23)cc1. The molecule has 3 heterocycles. The number of aryl methyl sites for hydroxylation is 1. The number of hydrogen-bond acceptors (Lipinski definition) is 6. The van der Waals surface area contributed by atoms with Crippen LogP contribution in [0.25, 0.3) is 22.3 Å². The summed E-state index contributed by atoms with van der Waals surface area (Å²) in [5.41, 5.74) is 9.96. The monoisotopic (exact) mass is 366 g/mol. The van der Waals surface area contributed by atoms with E-state index in [1.54, 1.807) is 4.68 Å². The van der Waals surface area contributed by atoms with Gasteiger partial charge in [0.15, 0.2) is 5.65 Å². The molecule has 0 saturated carbocycles. The molecular formula is C20H26N6O. The third kappa shape index (κ3) is 3.47. The number of hydrogen-bond donors (Lipinski definition) is 2. The topological polar surface area (TPSA) is 90.9 Å². The van der Waals surface area contributed by atoms with Crippen LogP contribution in [-0.2, 0) is 11.8 Å². The van der Waals surface area contributed by atoms with Crippen molar-refractivity contribution in [2.45, 2.75) is 38.7 Å². The second-order valence-electron chi connectivity index (χ2n) is 7.40. The Kier molecular flexibility index (Phi) is 4.70. The van der Waals surface area contributed by atoms with E-state index in [1.165, 1.54) is 5.56 Å². The molecule has 0 unspecified atom stereocenters. The Bertz CT molecular complexity index is 941. The minimum Gasteiger partial charge on any atom is -0.383 e. The van der Waals surface area contributed by atoms with E-state index in [0.717, 1.165) is 36.1 Å². The summed E-state index contributed by atoms with van der Waals surface area (Å²) in [6, 6.07) is 8.46. The average molecular weight is 366 g/mol. The van der Waals surface area contributed by atoms with Crippen LogP contribution in [0.2, 0.25) is 0 Å². The van der Waals surface area contributed by atoms with E-state index in [9.17, 15) is 0 Å². The Morgan fingerprint density at radius 2 is 2.04 bits per heavy atom. The van der Waals surface area contributed by atoms with Crippen LogP contribution in [0.5, 0.6) is 0 Å². The molecule has 1 saturated heterocycles. The normalized spacial score (nSPS) is 17.1. The number of rotatable bonds is 5. The minimum absolute atomic E-state index is 0.215. The first kappa shape index (κ1) is 17.7. The molecule has 1 aromatic carbocycles. The van der Waals surface area contributed by atoms with Crippen molar-refractivity contribution in [2.75, 3.05) is 24.2 Å². The van der Waals surface area contributed by atoms with Crippen molar-refractivity contribution >= 4 is 22.8 Å². The molecule has 3 aromatic rings. The molecule has 4 rings (SSSR count). The summed E-state index contributed by atoms with van der Waals surface area (Å²) in [6.45, 7) is 5.89. The van der Waals surface area contributed by atoms with E-state index < -0.39 is 0 Å². The van der Waals surface area contributed by atoms with Crippen LogP contribution in [0.4, 0.5) is 11.8 Å². The van der Waals surface area contributed by atoms with E-state index >= 15 is 0 Å². The van der Waals surface area contributed by atoms with Gasteiger partial charge in [-0.3, -0.25) is 4.68 Å². The average Bonchev–Trinajstić information content (AvgIpc) is 3.28.